The van der Waals surface area contributed by atoms with Gasteiger partial charge in [0.05, 0.1) is 11.7 Å². The first-order chi connectivity index (χ1) is 7.25. The molecule has 15 heavy (non-hydrogen) atoms. The monoisotopic (exact) mass is 269 g/mol. The summed E-state index contributed by atoms with van der Waals surface area (Å²) < 4.78 is 3.46. The molecule has 3 nitrogen and oxygen atoms in total. The SMILES string of the molecule is CN1Cc2nn(C3CCCC3)c(Br)c2C1. The first kappa shape index (κ1) is 9.85. The van der Waals surface area contributed by atoms with Crippen LogP contribution in [0, 0.1) is 0 Å². The van der Waals surface area contributed by atoms with Gasteiger partial charge in [-0.05, 0) is 35.8 Å². The average molecular weight is 270 g/mol. The molecule has 0 bridgehead atoms. The molecular formula is C11H16BrN3. The zero-order valence-electron chi connectivity index (χ0n) is 9.04. The molecule has 4 heteroatoms. The van der Waals surface area contributed by atoms with E-state index in [0.717, 1.165) is 13.1 Å². The highest BCUT2D eigenvalue weighted by molar-refractivity contribution is 9.10. The van der Waals surface area contributed by atoms with E-state index in [2.05, 4.69) is 32.6 Å². The minimum absolute atomic E-state index is 0.648. The van der Waals surface area contributed by atoms with E-state index in [1.807, 2.05) is 0 Å². The lowest BCUT2D eigenvalue weighted by molar-refractivity contribution is 0.339. The number of hydrogen-bond acceptors (Lipinski definition) is 2. The minimum atomic E-state index is 0.648. The van der Waals surface area contributed by atoms with E-state index >= 15 is 0 Å². The van der Waals surface area contributed by atoms with Gasteiger partial charge in [-0.15, -0.1) is 0 Å². The summed E-state index contributed by atoms with van der Waals surface area (Å²) in [4.78, 5) is 2.31. The predicted octanol–water partition coefficient (Wildman–Crippen LogP) is 2.71. The Kier molecular flexibility index (Phi) is 2.36. The van der Waals surface area contributed by atoms with Crippen molar-refractivity contribution >= 4 is 15.9 Å². The van der Waals surface area contributed by atoms with Crippen molar-refractivity contribution in [3.05, 3.63) is 15.9 Å². The van der Waals surface area contributed by atoms with Gasteiger partial charge in [0.2, 0.25) is 0 Å². The summed E-state index contributed by atoms with van der Waals surface area (Å²) in [7, 11) is 2.15. The lowest BCUT2D eigenvalue weighted by Gasteiger charge is -2.13. The molecule has 0 aromatic carbocycles. The van der Waals surface area contributed by atoms with Gasteiger partial charge in [0.1, 0.15) is 4.60 Å². The zero-order chi connectivity index (χ0) is 10.4. The van der Waals surface area contributed by atoms with Gasteiger partial charge in [0.15, 0.2) is 0 Å². The summed E-state index contributed by atoms with van der Waals surface area (Å²) in [5.74, 6) is 0. The zero-order valence-corrected chi connectivity index (χ0v) is 10.6. The van der Waals surface area contributed by atoms with Crippen LogP contribution in [-0.2, 0) is 13.1 Å². The molecule has 2 heterocycles. The van der Waals surface area contributed by atoms with Gasteiger partial charge in [0, 0.05) is 18.7 Å². The average Bonchev–Trinajstić information content (AvgIpc) is 2.84. The van der Waals surface area contributed by atoms with Gasteiger partial charge < -0.3 is 0 Å². The van der Waals surface area contributed by atoms with E-state index in [1.54, 1.807) is 0 Å². The molecule has 3 rings (SSSR count). The maximum Gasteiger partial charge on any atom is 0.109 e. The minimum Gasteiger partial charge on any atom is -0.296 e. The van der Waals surface area contributed by atoms with E-state index in [9.17, 15) is 0 Å². The standard InChI is InChI=1S/C11H16BrN3/c1-14-6-9-10(7-14)13-15(11(9)12)8-4-2-3-5-8/h8H,2-7H2,1H3. The van der Waals surface area contributed by atoms with Crippen LogP contribution in [0.25, 0.3) is 0 Å². The fourth-order valence-electron chi connectivity index (χ4n) is 2.75. The summed E-state index contributed by atoms with van der Waals surface area (Å²) >= 11 is 3.71. The van der Waals surface area contributed by atoms with Crippen LogP contribution >= 0.6 is 15.9 Å². The molecule has 0 saturated heterocycles. The lowest BCUT2D eigenvalue weighted by Crippen LogP contribution is -2.13. The highest BCUT2D eigenvalue weighted by atomic mass is 79.9. The number of rotatable bonds is 1. The second kappa shape index (κ2) is 3.59. The smallest absolute Gasteiger partial charge is 0.109 e. The first-order valence-corrected chi connectivity index (χ1v) is 6.49. The molecule has 0 unspecified atom stereocenters. The van der Waals surface area contributed by atoms with E-state index in [1.165, 1.54) is 41.5 Å². The summed E-state index contributed by atoms with van der Waals surface area (Å²) in [5.41, 5.74) is 2.68. The van der Waals surface area contributed by atoms with Gasteiger partial charge in [-0.2, -0.15) is 5.10 Å². The molecule has 1 aliphatic carbocycles. The van der Waals surface area contributed by atoms with Crippen molar-refractivity contribution in [1.29, 1.82) is 0 Å². The third kappa shape index (κ3) is 1.54. The number of fused-ring (bicyclic) bond motifs is 1. The molecule has 2 aliphatic rings. The van der Waals surface area contributed by atoms with Crippen LogP contribution in [0.15, 0.2) is 4.60 Å². The van der Waals surface area contributed by atoms with Crippen molar-refractivity contribution in [1.82, 2.24) is 14.7 Å². The number of nitrogens with zero attached hydrogens (tertiary/aromatic N) is 3. The Bertz CT molecular complexity index is 379. The van der Waals surface area contributed by atoms with E-state index in [-0.39, 0.29) is 0 Å². The fraction of sp³-hybridized carbons (Fsp3) is 0.727. The highest BCUT2D eigenvalue weighted by Crippen LogP contribution is 2.36. The van der Waals surface area contributed by atoms with Gasteiger partial charge in [-0.1, -0.05) is 12.8 Å². The van der Waals surface area contributed by atoms with Crippen LogP contribution in [0.3, 0.4) is 0 Å². The summed E-state index contributed by atoms with van der Waals surface area (Å²) in [6.45, 7) is 2.05. The molecule has 0 radical (unpaired) electrons. The van der Waals surface area contributed by atoms with E-state index in [0.29, 0.717) is 6.04 Å². The van der Waals surface area contributed by atoms with Crippen LogP contribution < -0.4 is 0 Å². The van der Waals surface area contributed by atoms with Crippen molar-refractivity contribution in [3.8, 4) is 0 Å². The maximum absolute atomic E-state index is 4.75. The molecule has 0 spiro atoms. The Morgan fingerprint density at radius 2 is 2.00 bits per heavy atom. The van der Waals surface area contributed by atoms with Gasteiger partial charge >= 0.3 is 0 Å². The summed E-state index contributed by atoms with van der Waals surface area (Å²) in [5, 5.41) is 4.75. The van der Waals surface area contributed by atoms with Crippen LogP contribution in [0.2, 0.25) is 0 Å². The van der Waals surface area contributed by atoms with Crippen LogP contribution in [0.5, 0.6) is 0 Å². The van der Waals surface area contributed by atoms with Crippen LogP contribution in [0.1, 0.15) is 43.0 Å². The normalized spacial score (nSPS) is 22.5. The Morgan fingerprint density at radius 1 is 1.27 bits per heavy atom. The van der Waals surface area contributed by atoms with E-state index < -0.39 is 0 Å². The number of hydrogen-bond donors (Lipinski definition) is 0. The van der Waals surface area contributed by atoms with Crippen molar-refractivity contribution in [2.45, 2.75) is 44.8 Å². The van der Waals surface area contributed by atoms with E-state index in [4.69, 9.17) is 5.10 Å². The van der Waals surface area contributed by atoms with Gasteiger partial charge in [0.25, 0.3) is 0 Å². The molecule has 1 saturated carbocycles. The van der Waals surface area contributed by atoms with Crippen molar-refractivity contribution < 1.29 is 0 Å². The van der Waals surface area contributed by atoms with Gasteiger partial charge in [-0.3, -0.25) is 9.58 Å². The molecular weight excluding hydrogens is 254 g/mol. The molecule has 1 aromatic heterocycles. The lowest BCUT2D eigenvalue weighted by atomic mass is 10.2. The van der Waals surface area contributed by atoms with Gasteiger partial charge in [-0.25, -0.2) is 0 Å². The topological polar surface area (TPSA) is 21.1 Å². The first-order valence-electron chi connectivity index (χ1n) is 5.70. The van der Waals surface area contributed by atoms with Crippen LogP contribution in [0.4, 0.5) is 0 Å². The third-order valence-electron chi connectivity index (χ3n) is 3.55. The van der Waals surface area contributed by atoms with Crippen molar-refractivity contribution in [2.75, 3.05) is 7.05 Å². The predicted molar refractivity (Wildman–Crippen MR) is 62.6 cm³/mol. The third-order valence-corrected chi connectivity index (χ3v) is 4.39. The van der Waals surface area contributed by atoms with Crippen molar-refractivity contribution in [2.24, 2.45) is 0 Å². The maximum atomic E-state index is 4.75. The second-order valence-electron chi connectivity index (χ2n) is 4.77. The Balaban J connectivity index is 1.94. The fourth-order valence-corrected chi connectivity index (χ4v) is 3.47. The second-order valence-corrected chi connectivity index (χ2v) is 5.52. The summed E-state index contributed by atoms with van der Waals surface area (Å²) in [6.07, 6.45) is 5.33. The molecule has 1 aromatic rings. The summed E-state index contributed by atoms with van der Waals surface area (Å²) in [6, 6.07) is 0.648. The number of halogens is 1. The Labute approximate surface area is 98.6 Å². The van der Waals surface area contributed by atoms with Crippen molar-refractivity contribution in [3.63, 3.8) is 0 Å². The van der Waals surface area contributed by atoms with Crippen LogP contribution in [-0.4, -0.2) is 21.7 Å². The molecule has 1 aliphatic heterocycles. The Hall–Kier alpha value is -0.350. The molecule has 0 atom stereocenters. The largest absolute Gasteiger partial charge is 0.296 e. The quantitative estimate of drug-likeness (QED) is 0.782. The molecule has 82 valence electrons. The number of aromatic nitrogens is 2. The Morgan fingerprint density at radius 3 is 2.67 bits per heavy atom. The molecule has 1 fully saturated rings. The molecule has 0 amide bonds. The molecule has 0 N–H and O–H groups in total. The highest BCUT2D eigenvalue weighted by Gasteiger charge is 2.28.